The van der Waals surface area contributed by atoms with E-state index in [-0.39, 0.29) is 29.7 Å². The number of hydrogen-bond acceptors (Lipinski definition) is 6. The van der Waals surface area contributed by atoms with Crippen molar-refractivity contribution in [1.82, 2.24) is 0 Å². The van der Waals surface area contributed by atoms with Crippen molar-refractivity contribution < 1.29 is 28.6 Å². The topological polar surface area (TPSA) is 103 Å². The zero-order valence-corrected chi connectivity index (χ0v) is 17.4. The van der Waals surface area contributed by atoms with Crippen LogP contribution in [0.4, 0.5) is 11.4 Å². The highest BCUT2D eigenvalue weighted by Crippen LogP contribution is 2.43. The van der Waals surface area contributed by atoms with E-state index < -0.39 is 12.1 Å². The van der Waals surface area contributed by atoms with Gasteiger partial charge in [-0.15, -0.1) is 0 Å². The van der Waals surface area contributed by atoms with Gasteiger partial charge in [-0.05, 0) is 37.1 Å². The molecular formula is C23H24N2O6. The van der Waals surface area contributed by atoms with Crippen LogP contribution in [0.25, 0.3) is 0 Å². The summed E-state index contributed by atoms with van der Waals surface area (Å²) in [5.41, 5.74) is 2.04. The first kappa shape index (κ1) is 20.7. The fraction of sp³-hybridized carbons (Fsp3) is 0.348. The number of carbonyl (C=O) groups excluding carboxylic acids is 3. The SMILES string of the molecule is COc1ccc2c(c1OC)C(=O)O[C@@H]2CC(=O)Nc1cccc(NC(=O)C2CCC2)c1. The van der Waals surface area contributed by atoms with Crippen molar-refractivity contribution in [2.75, 3.05) is 24.9 Å². The number of carbonyl (C=O) groups is 3. The van der Waals surface area contributed by atoms with Crippen LogP contribution in [0, 0.1) is 5.92 Å². The minimum Gasteiger partial charge on any atom is -0.493 e. The Bertz CT molecular complexity index is 1030. The van der Waals surface area contributed by atoms with Crippen LogP contribution >= 0.6 is 0 Å². The zero-order valence-electron chi connectivity index (χ0n) is 17.4. The van der Waals surface area contributed by atoms with Crippen LogP contribution in [0.1, 0.15) is 47.7 Å². The Morgan fingerprint density at radius 1 is 1.06 bits per heavy atom. The van der Waals surface area contributed by atoms with Crippen LogP contribution < -0.4 is 20.1 Å². The Morgan fingerprint density at radius 2 is 1.81 bits per heavy atom. The quantitative estimate of drug-likeness (QED) is 0.658. The second kappa shape index (κ2) is 8.67. The summed E-state index contributed by atoms with van der Waals surface area (Å²) in [4.78, 5) is 37.1. The molecule has 1 atom stereocenters. The Labute approximate surface area is 179 Å². The molecule has 0 saturated heterocycles. The summed E-state index contributed by atoms with van der Waals surface area (Å²) >= 11 is 0. The first-order valence-corrected chi connectivity index (χ1v) is 10.2. The average molecular weight is 424 g/mol. The lowest BCUT2D eigenvalue weighted by molar-refractivity contribution is -0.122. The molecule has 0 unspecified atom stereocenters. The predicted molar refractivity (Wildman–Crippen MR) is 113 cm³/mol. The lowest BCUT2D eigenvalue weighted by Gasteiger charge is -2.24. The van der Waals surface area contributed by atoms with E-state index in [1.54, 1.807) is 36.4 Å². The molecular weight excluding hydrogens is 400 g/mol. The van der Waals surface area contributed by atoms with E-state index in [9.17, 15) is 14.4 Å². The third-order valence-electron chi connectivity index (χ3n) is 5.64. The van der Waals surface area contributed by atoms with E-state index in [1.165, 1.54) is 14.2 Å². The van der Waals surface area contributed by atoms with Gasteiger partial charge in [0.05, 0.1) is 20.6 Å². The van der Waals surface area contributed by atoms with Crippen molar-refractivity contribution in [3.63, 3.8) is 0 Å². The van der Waals surface area contributed by atoms with Crippen LogP contribution in [0.2, 0.25) is 0 Å². The number of benzene rings is 2. The molecule has 1 heterocycles. The molecule has 0 radical (unpaired) electrons. The van der Waals surface area contributed by atoms with Gasteiger partial charge in [0, 0.05) is 22.9 Å². The highest BCUT2D eigenvalue weighted by Gasteiger charge is 2.36. The number of fused-ring (bicyclic) bond motifs is 1. The van der Waals surface area contributed by atoms with Crippen molar-refractivity contribution >= 4 is 29.2 Å². The molecule has 1 saturated carbocycles. The second-order valence-electron chi connectivity index (χ2n) is 7.61. The Hall–Kier alpha value is -3.55. The van der Waals surface area contributed by atoms with Crippen molar-refractivity contribution in [2.24, 2.45) is 5.92 Å². The summed E-state index contributed by atoms with van der Waals surface area (Å²) in [5.74, 6) is -0.0707. The molecule has 4 rings (SSSR count). The summed E-state index contributed by atoms with van der Waals surface area (Å²) in [6.07, 6.45) is 2.15. The highest BCUT2D eigenvalue weighted by molar-refractivity contribution is 6.00. The number of ether oxygens (including phenoxy) is 3. The van der Waals surface area contributed by atoms with Crippen LogP contribution in [-0.4, -0.2) is 32.0 Å². The van der Waals surface area contributed by atoms with Crippen molar-refractivity contribution in [2.45, 2.75) is 31.8 Å². The van der Waals surface area contributed by atoms with Gasteiger partial charge >= 0.3 is 5.97 Å². The molecule has 2 aromatic carbocycles. The monoisotopic (exact) mass is 424 g/mol. The van der Waals surface area contributed by atoms with Gasteiger partial charge in [0.2, 0.25) is 11.8 Å². The second-order valence-corrected chi connectivity index (χ2v) is 7.61. The summed E-state index contributed by atoms with van der Waals surface area (Å²) in [6, 6.07) is 10.4. The number of esters is 1. The normalized spacial score (nSPS) is 17.2. The van der Waals surface area contributed by atoms with Gasteiger partial charge in [-0.1, -0.05) is 18.6 Å². The van der Waals surface area contributed by atoms with Gasteiger partial charge < -0.3 is 24.8 Å². The lowest BCUT2D eigenvalue weighted by atomic mass is 9.85. The van der Waals surface area contributed by atoms with E-state index in [4.69, 9.17) is 14.2 Å². The third kappa shape index (κ3) is 4.19. The van der Waals surface area contributed by atoms with Crippen LogP contribution in [0.3, 0.4) is 0 Å². The minimum atomic E-state index is -0.719. The molecule has 0 bridgehead atoms. The van der Waals surface area contributed by atoms with Gasteiger partial charge in [-0.25, -0.2) is 4.79 Å². The summed E-state index contributed by atoms with van der Waals surface area (Å²) in [7, 11) is 2.93. The molecule has 8 nitrogen and oxygen atoms in total. The fourth-order valence-corrected chi connectivity index (χ4v) is 3.79. The first-order chi connectivity index (χ1) is 15.0. The van der Waals surface area contributed by atoms with Gasteiger partial charge in [-0.3, -0.25) is 9.59 Å². The largest absolute Gasteiger partial charge is 0.493 e. The van der Waals surface area contributed by atoms with Crippen molar-refractivity contribution in [1.29, 1.82) is 0 Å². The van der Waals surface area contributed by atoms with Gasteiger partial charge in [0.25, 0.3) is 0 Å². The molecule has 1 aliphatic heterocycles. The lowest BCUT2D eigenvalue weighted by Crippen LogP contribution is -2.28. The van der Waals surface area contributed by atoms with Crippen LogP contribution in [0.15, 0.2) is 36.4 Å². The van der Waals surface area contributed by atoms with E-state index in [1.807, 2.05) is 0 Å². The number of methoxy groups -OCH3 is 2. The van der Waals surface area contributed by atoms with Gasteiger partial charge in [0.15, 0.2) is 11.5 Å². The number of cyclic esters (lactones) is 1. The first-order valence-electron chi connectivity index (χ1n) is 10.2. The third-order valence-corrected chi connectivity index (χ3v) is 5.64. The molecule has 2 aromatic rings. The molecule has 2 amide bonds. The summed E-state index contributed by atoms with van der Waals surface area (Å²) in [6.45, 7) is 0. The maximum absolute atomic E-state index is 12.6. The van der Waals surface area contributed by atoms with Gasteiger partial charge in [-0.2, -0.15) is 0 Å². The molecule has 0 spiro atoms. The molecule has 1 aliphatic carbocycles. The summed E-state index contributed by atoms with van der Waals surface area (Å²) in [5, 5.41) is 5.69. The average Bonchev–Trinajstić information content (AvgIpc) is 3.01. The number of anilines is 2. The molecule has 2 N–H and O–H groups in total. The maximum Gasteiger partial charge on any atom is 0.343 e. The highest BCUT2D eigenvalue weighted by atomic mass is 16.6. The molecule has 2 aliphatic rings. The molecule has 8 heteroatoms. The summed E-state index contributed by atoms with van der Waals surface area (Å²) < 4.78 is 16.0. The fourth-order valence-electron chi connectivity index (χ4n) is 3.79. The maximum atomic E-state index is 12.6. The van der Waals surface area contributed by atoms with Crippen molar-refractivity contribution in [3.05, 3.63) is 47.5 Å². The van der Waals surface area contributed by atoms with E-state index >= 15 is 0 Å². The van der Waals surface area contributed by atoms with E-state index in [0.29, 0.717) is 28.4 Å². The minimum absolute atomic E-state index is 0.00794. The van der Waals surface area contributed by atoms with E-state index in [0.717, 1.165) is 19.3 Å². The van der Waals surface area contributed by atoms with Gasteiger partial charge in [0.1, 0.15) is 11.7 Å². The molecule has 31 heavy (non-hydrogen) atoms. The van der Waals surface area contributed by atoms with Crippen LogP contribution in [0.5, 0.6) is 11.5 Å². The van der Waals surface area contributed by atoms with Crippen molar-refractivity contribution in [3.8, 4) is 11.5 Å². The predicted octanol–water partition coefficient (Wildman–Crippen LogP) is 3.68. The standard InChI is InChI=1S/C23H24N2O6/c1-29-17-10-9-16-18(31-23(28)20(16)21(17)30-2)12-19(26)24-14-7-4-8-15(11-14)25-22(27)13-5-3-6-13/h4,7-11,13,18H,3,5-6,12H2,1-2H3,(H,24,26)(H,25,27)/t18-/m1/s1. The van der Waals surface area contributed by atoms with E-state index in [2.05, 4.69) is 10.6 Å². The number of amides is 2. The Kier molecular flexibility index (Phi) is 5.79. The molecule has 162 valence electrons. The number of rotatable bonds is 7. The smallest absolute Gasteiger partial charge is 0.343 e. The number of nitrogens with one attached hydrogen (secondary N) is 2. The number of hydrogen-bond donors (Lipinski definition) is 2. The Balaban J connectivity index is 1.43. The molecule has 0 aromatic heterocycles. The zero-order chi connectivity index (χ0) is 22.0. The molecule has 1 fully saturated rings. The van der Waals surface area contributed by atoms with Crippen LogP contribution in [-0.2, 0) is 14.3 Å². The Morgan fingerprint density at radius 3 is 2.45 bits per heavy atom.